The van der Waals surface area contributed by atoms with Crippen molar-refractivity contribution in [1.29, 1.82) is 0 Å². The SMILES string of the molecule is CC(C)(C)N1C[C@@H](C(=O)Nc2cccc(Nc3ccccc3)c2)[C@H](c2ccccc2)C1. The average Bonchev–Trinajstić information content (AvgIpc) is 3.22. The number of likely N-dealkylation sites (tertiary alicyclic amines) is 1. The Labute approximate surface area is 185 Å². The first-order valence-corrected chi connectivity index (χ1v) is 10.9. The highest BCUT2D eigenvalue weighted by Crippen LogP contribution is 2.37. The van der Waals surface area contributed by atoms with Crippen molar-refractivity contribution >= 4 is 23.0 Å². The largest absolute Gasteiger partial charge is 0.355 e. The van der Waals surface area contributed by atoms with Gasteiger partial charge in [-0.25, -0.2) is 0 Å². The molecule has 2 N–H and O–H groups in total. The van der Waals surface area contributed by atoms with E-state index in [1.165, 1.54) is 5.56 Å². The van der Waals surface area contributed by atoms with E-state index in [1.54, 1.807) is 0 Å². The predicted octanol–water partition coefficient (Wildman–Crippen LogP) is 5.88. The molecule has 4 heteroatoms. The van der Waals surface area contributed by atoms with Gasteiger partial charge in [-0.05, 0) is 56.7 Å². The maximum Gasteiger partial charge on any atom is 0.229 e. The molecule has 0 aliphatic carbocycles. The van der Waals surface area contributed by atoms with Crippen LogP contribution in [0.5, 0.6) is 0 Å². The Morgan fingerprint density at radius 1 is 0.806 bits per heavy atom. The average molecular weight is 414 g/mol. The molecule has 1 heterocycles. The first-order chi connectivity index (χ1) is 14.9. The number of nitrogens with zero attached hydrogens (tertiary/aromatic N) is 1. The normalized spacial score (nSPS) is 19.2. The van der Waals surface area contributed by atoms with Gasteiger partial charge in [-0.15, -0.1) is 0 Å². The molecule has 3 aromatic carbocycles. The van der Waals surface area contributed by atoms with E-state index in [0.29, 0.717) is 0 Å². The third-order valence-electron chi connectivity index (χ3n) is 6.03. The number of carbonyl (C=O) groups excluding carboxylic acids is 1. The number of rotatable bonds is 5. The molecule has 2 atom stereocenters. The number of anilines is 3. The fourth-order valence-corrected chi connectivity index (χ4v) is 4.25. The fourth-order valence-electron chi connectivity index (χ4n) is 4.25. The van der Waals surface area contributed by atoms with Gasteiger partial charge in [0.05, 0.1) is 5.92 Å². The zero-order chi connectivity index (χ0) is 21.8. The number of carbonyl (C=O) groups is 1. The molecule has 0 radical (unpaired) electrons. The Hall–Kier alpha value is -3.11. The van der Waals surface area contributed by atoms with Gasteiger partial charge in [-0.3, -0.25) is 9.69 Å². The van der Waals surface area contributed by atoms with Gasteiger partial charge in [-0.1, -0.05) is 54.6 Å². The first kappa shape index (κ1) is 21.1. The van der Waals surface area contributed by atoms with Gasteiger partial charge in [-0.2, -0.15) is 0 Å². The number of para-hydroxylation sites is 1. The van der Waals surface area contributed by atoms with Gasteiger partial charge in [0.1, 0.15) is 0 Å². The summed E-state index contributed by atoms with van der Waals surface area (Å²) in [6.07, 6.45) is 0. The monoisotopic (exact) mass is 413 g/mol. The second kappa shape index (κ2) is 8.94. The second-order valence-electron chi connectivity index (χ2n) is 9.26. The van der Waals surface area contributed by atoms with Crippen molar-refractivity contribution in [2.45, 2.75) is 32.2 Å². The lowest BCUT2D eigenvalue weighted by molar-refractivity contribution is -0.120. The van der Waals surface area contributed by atoms with Crippen LogP contribution < -0.4 is 10.6 Å². The first-order valence-electron chi connectivity index (χ1n) is 10.9. The van der Waals surface area contributed by atoms with Crippen molar-refractivity contribution in [3.8, 4) is 0 Å². The zero-order valence-corrected chi connectivity index (χ0v) is 18.5. The standard InChI is InChI=1S/C27H31N3O/c1-27(2,3)30-18-24(20-11-6-4-7-12-20)25(19-30)26(31)29-23-16-10-15-22(17-23)28-21-13-8-5-9-14-21/h4-17,24-25,28H,18-19H2,1-3H3,(H,29,31)/t24-,25+/m0/s1. The lowest BCUT2D eigenvalue weighted by atomic mass is 9.88. The van der Waals surface area contributed by atoms with Crippen LogP contribution in [-0.2, 0) is 4.79 Å². The summed E-state index contributed by atoms with van der Waals surface area (Å²) in [5.74, 6) is 0.177. The van der Waals surface area contributed by atoms with Crippen LogP contribution in [-0.4, -0.2) is 29.4 Å². The molecule has 4 rings (SSSR count). The highest BCUT2D eigenvalue weighted by molar-refractivity contribution is 5.94. The predicted molar refractivity (Wildman–Crippen MR) is 129 cm³/mol. The zero-order valence-electron chi connectivity index (χ0n) is 18.5. The Kier molecular flexibility index (Phi) is 6.10. The Morgan fingerprint density at radius 3 is 2.10 bits per heavy atom. The maximum atomic E-state index is 13.4. The van der Waals surface area contributed by atoms with Gasteiger partial charge in [0, 0.05) is 41.6 Å². The lowest BCUT2D eigenvalue weighted by Gasteiger charge is -2.31. The van der Waals surface area contributed by atoms with Crippen molar-refractivity contribution in [3.05, 3.63) is 90.5 Å². The highest BCUT2D eigenvalue weighted by atomic mass is 16.2. The molecule has 1 aliphatic rings. The number of nitrogens with one attached hydrogen (secondary N) is 2. The fraction of sp³-hybridized carbons (Fsp3) is 0.296. The van der Waals surface area contributed by atoms with Crippen LogP contribution in [0.2, 0.25) is 0 Å². The smallest absolute Gasteiger partial charge is 0.229 e. The number of hydrogen-bond donors (Lipinski definition) is 2. The Balaban J connectivity index is 1.51. The van der Waals surface area contributed by atoms with Crippen molar-refractivity contribution in [1.82, 2.24) is 4.90 Å². The van der Waals surface area contributed by atoms with Crippen LogP contribution in [0, 0.1) is 5.92 Å². The number of benzene rings is 3. The van der Waals surface area contributed by atoms with E-state index < -0.39 is 0 Å². The van der Waals surface area contributed by atoms with E-state index in [-0.39, 0.29) is 23.3 Å². The molecular weight excluding hydrogens is 382 g/mol. The maximum absolute atomic E-state index is 13.4. The summed E-state index contributed by atoms with van der Waals surface area (Å²) in [7, 11) is 0. The highest BCUT2D eigenvalue weighted by Gasteiger charge is 2.41. The molecule has 0 bridgehead atoms. The van der Waals surface area contributed by atoms with E-state index in [1.807, 2.05) is 60.7 Å². The summed E-state index contributed by atoms with van der Waals surface area (Å²) in [6, 6.07) is 28.4. The van der Waals surface area contributed by atoms with Crippen LogP contribution >= 0.6 is 0 Å². The summed E-state index contributed by atoms with van der Waals surface area (Å²) < 4.78 is 0. The van der Waals surface area contributed by atoms with E-state index >= 15 is 0 Å². The molecule has 31 heavy (non-hydrogen) atoms. The summed E-state index contributed by atoms with van der Waals surface area (Å²) in [5, 5.41) is 6.57. The van der Waals surface area contributed by atoms with E-state index in [2.05, 4.69) is 60.6 Å². The van der Waals surface area contributed by atoms with E-state index in [0.717, 1.165) is 30.2 Å². The number of hydrogen-bond acceptors (Lipinski definition) is 3. The van der Waals surface area contributed by atoms with Crippen LogP contribution in [0.4, 0.5) is 17.1 Å². The third kappa shape index (κ3) is 5.15. The van der Waals surface area contributed by atoms with Crippen LogP contribution in [0.3, 0.4) is 0 Å². The molecule has 3 aromatic rings. The van der Waals surface area contributed by atoms with Gasteiger partial charge in [0.25, 0.3) is 0 Å². The van der Waals surface area contributed by atoms with Crippen LogP contribution in [0.1, 0.15) is 32.3 Å². The molecule has 1 fully saturated rings. The minimum Gasteiger partial charge on any atom is -0.355 e. The molecule has 0 saturated carbocycles. The summed E-state index contributed by atoms with van der Waals surface area (Å²) in [6.45, 7) is 8.30. The van der Waals surface area contributed by atoms with Gasteiger partial charge < -0.3 is 10.6 Å². The molecular formula is C27H31N3O. The molecule has 0 aromatic heterocycles. The summed E-state index contributed by atoms with van der Waals surface area (Å²) >= 11 is 0. The topological polar surface area (TPSA) is 44.4 Å². The summed E-state index contributed by atoms with van der Waals surface area (Å²) in [5.41, 5.74) is 4.04. The quantitative estimate of drug-likeness (QED) is 0.549. The second-order valence-corrected chi connectivity index (χ2v) is 9.26. The molecule has 160 valence electrons. The molecule has 1 saturated heterocycles. The van der Waals surface area contributed by atoms with Crippen molar-refractivity contribution in [2.24, 2.45) is 5.92 Å². The third-order valence-corrected chi connectivity index (χ3v) is 6.03. The van der Waals surface area contributed by atoms with Crippen LogP contribution in [0.25, 0.3) is 0 Å². The van der Waals surface area contributed by atoms with Gasteiger partial charge in [0.15, 0.2) is 0 Å². The molecule has 4 nitrogen and oxygen atoms in total. The van der Waals surface area contributed by atoms with Crippen LogP contribution in [0.15, 0.2) is 84.9 Å². The Morgan fingerprint density at radius 2 is 1.42 bits per heavy atom. The lowest BCUT2D eigenvalue weighted by Crippen LogP contribution is -2.40. The molecule has 0 unspecified atom stereocenters. The molecule has 0 spiro atoms. The summed E-state index contributed by atoms with van der Waals surface area (Å²) in [4.78, 5) is 15.8. The van der Waals surface area contributed by atoms with Gasteiger partial charge in [0.2, 0.25) is 5.91 Å². The van der Waals surface area contributed by atoms with Crippen molar-refractivity contribution in [3.63, 3.8) is 0 Å². The number of amides is 1. The minimum absolute atomic E-state index is 0.0293. The van der Waals surface area contributed by atoms with E-state index in [4.69, 9.17) is 0 Å². The van der Waals surface area contributed by atoms with Gasteiger partial charge >= 0.3 is 0 Å². The Bertz CT molecular complexity index is 1010. The molecule has 1 amide bonds. The van der Waals surface area contributed by atoms with Crippen molar-refractivity contribution < 1.29 is 4.79 Å². The minimum atomic E-state index is -0.0904. The molecule has 1 aliphatic heterocycles. The van der Waals surface area contributed by atoms with Crippen molar-refractivity contribution in [2.75, 3.05) is 23.7 Å². The van der Waals surface area contributed by atoms with E-state index in [9.17, 15) is 4.79 Å².